The summed E-state index contributed by atoms with van der Waals surface area (Å²) in [5, 5.41) is 8.92. The van der Waals surface area contributed by atoms with E-state index in [0.29, 0.717) is 36.1 Å². The van der Waals surface area contributed by atoms with Crippen LogP contribution in [0.2, 0.25) is 0 Å². The molecule has 1 saturated heterocycles. The van der Waals surface area contributed by atoms with Crippen molar-refractivity contribution in [3.63, 3.8) is 0 Å². The first kappa shape index (κ1) is 17.6. The number of para-hydroxylation sites is 1. The molecule has 0 saturated carbocycles. The largest absolute Gasteiger partial charge is 0.356 e. The van der Waals surface area contributed by atoms with Gasteiger partial charge in [-0.1, -0.05) is 52.8 Å². The van der Waals surface area contributed by atoms with E-state index in [1.54, 1.807) is 6.92 Å². The number of nitrogens with zero attached hydrogens (tertiary/aromatic N) is 4. The highest BCUT2D eigenvalue weighted by Gasteiger charge is 2.40. The van der Waals surface area contributed by atoms with E-state index in [4.69, 9.17) is 9.05 Å². The van der Waals surface area contributed by atoms with E-state index >= 15 is 0 Å². The topological polar surface area (TPSA) is 85.3 Å². The quantitative estimate of drug-likeness (QED) is 0.532. The van der Waals surface area contributed by atoms with E-state index < -0.39 is 0 Å². The standard InChI is InChI=1S/C22H20N4O3/c1-14-23-22(29-24-14)18-13-26(12-17(18)15-7-3-2-4-8-15)21(27)11-19-16-9-5-6-10-20(16)28-25-19/h2-10,17-18H,11-13H2,1H3. The molecule has 0 bridgehead atoms. The summed E-state index contributed by atoms with van der Waals surface area (Å²) in [6.07, 6.45) is 0.202. The third kappa shape index (κ3) is 3.29. The average Bonchev–Trinajstić information content (AvgIpc) is 3.47. The Kier molecular flexibility index (Phi) is 4.35. The molecule has 7 nitrogen and oxygen atoms in total. The van der Waals surface area contributed by atoms with Crippen LogP contribution in [0.25, 0.3) is 11.0 Å². The van der Waals surface area contributed by atoms with Crippen molar-refractivity contribution >= 4 is 16.9 Å². The first-order chi connectivity index (χ1) is 14.2. The van der Waals surface area contributed by atoms with E-state index in [0.717, 1.165) is 10.9 Å². The van der Waals surface area contributed by atoms with Gasteiger partial charge in [0.05, 0.1) is 12.3 Å². The normalized spacial score (nSPS) is 19.1. The Bertz CT molecular complexity index is 1150. The van der Waals surface area contributed by atoms with Gasteiger partial charge >= 0.3 is 0 Å². The smallest absolute Gasteiger partial charge is 0.232 e. The van der Waals surface area contributed by atoms with Gasteiger partial charge in [0.1, 0.15) is 5.69 Å². The number of fused-ring (bicyclic) bond motifs is 1. The predicted octanol–water partition coefficient (Wildman–Crippen LogP) is 3.47. The van der Waals surface area contributed by atoms with Crippen molar-refractivity contribution in [1.29, 1.82) is 0 Å². The third-order valence-corrected chi connectivity index (χ3v) is 5.53. The molecule has 2 aromatic carbocycles. The van der Waals surface area contributed by atoms with Gasteiger partial charge in [-0.2, -0.15) is 4.98 Å². The minimum Gasteiger partial charge on any atom is -0.356 e. The zero-order chi connectivity index (χ0) is 19.8. The van der Waals surface area contributed by atoms with Crippen LogP contribution in [0.5, 0.6) is 0 Å². The molecule has 1 aliphatic rings. The molecule has 1 amide bonds. The van der Waals surface area contributed by atoms with Gasteiger partial charge in [-0.25, -0.2) is 0 Å². The summed E-state index contributed by atoms with van der Waals surface area (Å²) in [4.78, 5) is 19.4. The summed E-state index contributed by atoms with van der Waals surface area (Å²) in [6.45, 7) is 2.94. The van der Waals surface area contributed by atoms with Gasteiger partial charge in [0.15, 0.2) is 11.4 Å². The predicted molar refractivity (Wildman–Crippen MR) is 105 cm³/mol. The number of likely N-dealkylation sites (tertiary alicyclic amines) is 1. The fourth-order valence-electron chi connectivity index (χ4n) is 4.08. The second kappa shape index (κ2) is 7.16. The van der Waals surface area contributed by atoms with Crippen LogP contribution >= 0.6 is 0 Å². The number of carbonyl (C=O) groups excluding carboxylic acids is 1. The maximum atomic E-state index is 13.1. The Labute approximate surface area is 167 Å². The number of amides is 1. The summed E-state index contributed by atoms with van der Waals surface area (Å²) in [5.41, 5.74) is 2.52. The van der Waals surface area contributed by atoms with Crippen molar-refractivity contribution in [3.8, 4) is 0 Å². The lowest BCUT2D eigenvalue weighted by atomic mass is 9.89. The van der Waals surface area contributed by atoms with E-state index in [2.05, 4.69) is 27.4 Å². The Morgan fingerprint density at radius 2 is 1.76 bits per heavy atom. The van der Waals surface area contributed by atoms with Crippen LogP contribution < -0.4 is 0 Å². The van der Waals surface area contributed by atoms with Gasteiger partial charge in [-0.3, -0.25) is 4.79 Å². The highest BCUT2D eigenvalue weighted by Crippen LogP contribution is 2.39. The molecule has 146 valence electrons. The Morgan fingerprint density at radius 1 is 1.00 bits per heavy atom. The van der Waals surface area contributed by atoms with E-state index in [-0.39, 0.29) is 24.2 Å². The van der Waals surface area contributed by atoms with Crippen molar-refractivity contribution in [1.82, 2.24) is 20.2 Å². The molecule has 4 aromatic rings. The Morgan fingerprint density at radius 3 is 2.55 bits per heavy atom. The number of aryl methyl sites for hydroxylation is 1. The first-order valence-electron chi connectivity index (χ1n) is 9.65. The highest BCUT2D eigenvalue weighted by atomic mass is 16.5. The monoisotopic (exact) mass is 388 g/mol. The van der Waals surface area contributed by atoms with E-state index in [1.165, 1.54) is 0 Å². The van der Waals surface area contributed by atoms with Gasteiger partial charge in [0.25, 0.3) is 0 Å². The zero-order valence-corrected chi connectivity index (χ0v) is 16.0. The summed E-state index contributed by atoms with van der Waals surface area (Å²) < 4.78 is 10.8. The average molecular weight is 388 g/mol. The maximum absolute atomic E-state index is 13.1. The van der Waals surface area contributed by atoms with Crippen LogP contribution in [-0.4, -0.2) is 39.2 Å². The van der Waals surface area contributed by atoms with Gasteiger partial charge in [0, 0.05) is 24.4 Å². The minimum atomic E-state index is -0.0309. The van der Waals surface area contributed by atoms with Crippen LogP contribution in [0, 0.1) is 6.92 Å². The number of benzene rings is 2. The summed E-state index contributed by atoms with van der Waals surface area (Å²) in [6, 6.07) is 17.8. The molecule has 1 fully saturated rings. The fourth-order valence-corrected chi connectivity index (χ4v) is 4.08. The molecule has 2 aromatic heterocycles. The van der Waals surface area contributed by atoms with E-state index in [9.17, 15) is 4.79 Å². The highest BCUT2D eigenvalue weighted by molar-refractivity contribution is 5.86. The van der Waals surface area contributed by atoms with Crippen LogP contribution in [0.1, 0.15) is 34.8 Å². The molecule has 3 heterocycles. The van der Waals surface area contributed by atoms with Crippen molar-refractivity contribution in [3.05, 3.63) is 77.6 Å². The van der Waals surface area contributed by atoms with Crippen LogP contribution in [-0.2, 0) is 11.2 Å². The maximum Gasteiger partial charge on any atom is 0.232 e. The van der Waals surface area contributed by atoms with Crippen molar-refractivity contribution in [2.75, 3.05) is 13.1 Å². The Balaban J connectivity index is 1.41. The molecule has 2 unspecified atom stereocenters. The molecule has 1 aliphatic heterocycles. The lowest BCUT2D eigenvalue weighted by molar-refractivity contribution is -0.129. The lowest BCUT2D eigenvalue weighted by Gasteiger charge is -2.16. The van der Waals surface area contributed by atoms with Gasteiger partial charge in [-0.15, -0.1) is 0 Å². The van der Waals surface area contributed by atoms with Gasteiger partial charge < -0.3 is 13.9 Å². The second-order valence-electron chi connectivity index (χ2n) is 7.40. The molecule has 5 rings (SSSR count). The molecule has 0 spiro atoms. The Hall–Kier alpha value is -3.48. The summed E-state index contributed by atoms with van der Waals surface area (Å²) in [7, 11) is 0. The summed E-state index contributed by atoms with van der Waals surface area (Å²) >= 11 is 0. The number of hydrogen-bond donors (Lipinski definition) is 0. The van der Waals surface area contributed by atoms with E-state index in [1.807, 2.05) is 47.4 Å². The van der Waals surface area contributed by atoms with Gasteiger partial charge in [0.2, 0.25) is 11.8 Å². The molecule has 0 radical (unpaired) electrons. The number of hydrogen-bond acceptors (Lipinski definition) is 6. The molecule has 7 heteroatoms. The third-order valence-electron chi connectivity index (χ3n) is 5.53. The van der Waals surface area contributed by atoms with Crippen LogP contribution in [0.3, 0.4) is 0 Å². The number of carbonyl (C=O) groups is 1. The molecule has 2 atom stereocenters. The van der Waals surface area contributed by atoms with Crippen molar-refractivity contribution in [2.24, 2.45) is 0 Å². The molecular formula is C22H20N4O3. The number of rotatable bonds is 4. The second-order valence-corrected chi connectivity index (χ2v) is 7.40. The first-order valence-corrected chi connectivity index (χ1v) is 9.65. The van der Waals surface area contributed by atoms with Crippen LogP contribution in [0.15, 0.2) is 63.6 Å². The minimum absolute atomic E-state index is 0.0173. The SMILES string of the molecule is Cc1noc(C2CN(C(=O)Cc3noc4ccccc34)CC2c2ccccc2)n1. The van der Waals surface area contributed by atoms with Crippen LogP contribution in [0.4, 0.5) is 0 Å². The molecule has 0 N–H and O–H groups in total. The summed E-state index contributed by atoms with van der Waals surface area (Å²) in [5.74, 6) is 1.28. The van der Waals surface area contributed by atoms with Crippen molar-refractivity contribution in [2.45, 2.75) is 25.2 Å². The van der Waals surface area contributed by atoms with Gasteiger partial charge in [-0.05, 0) is 24.6 Å². The number of aromatic nitrogens is 3. The zero-order valence-electron chi connectivity index (χ0n) is 16.0. The molecule has 0 aliphatic carbocycles. The molecule has 29 heavy (non-hydrogen) atoms. The fraction of sp³-hybridized carbons (Fsp3) is 0.273. The van der Waals surface area contributed by atoms with Crippen molar-refractivity contribution < 1.29 is 13.8 Å². The lowest BCUT2D eigenvalue weighted by Crippen LogP contribution is -2.30. The molecular weight excluding hydrogens is 368 g/mol.